The second-order valence-electron chi connectivity index (χ2n) is 5.81. The number of amides is 1. The van der Waals surface area contributed by atoms with Crippen LogP contribution in [0.3, 0.4) is 0 Å². The number of likely N-dealkylation sites (tertiary alicyclic amines) is 1. The van der Waals surface area contributed by atoms with E-state index in [1.165, 1.54) is 23.3 Å². The maximum Gasteiger partial charge on any atom is 0.221 e. The Morgan fingerprint density at radius 1 is 1.36 bits per heavy atom. The molecule has 1 heterocycles. The summed E-state index contributed by atoms with van der Waals surface area (Å²) in [5.41, 5.74) is 6.76. The number of nitrogens with zero attached hydrogens (tertiary/aromatic N) is 1. The third-order valence-electron chi connectivity index (χ3n) is 4.20. The lowest BCUT2D eigenvalue weighted by atomic mass is 10.0. The first-order chi connectivity index (χ1) is 10.7. The summed E-state index contributed by atoms with van der Waals surface area (Å²) in [6.07, 6.45) is 6.17. The van der Waals surface area contributed by atoms with Crippen LogP contribution in [-0.2, 0) is 11.3 Å². The largest absolute Gasteiger partial charge is 0.354 e. The minimum atomic E-state index is 0.0670. The van der Waals surface area contributed by atoms with Gasteiger partial charge >= 0.3 is 0 Å². The van der Waals surface area contributed by atoms with Gasteiger partial charge in [0.1, 0.15) is 0 Å². The molecule has 2 rings (SSSR count). The van der Waals surface area contributed by atoms with Crippen molar-refractivity contribution in [3.05, 3.63) is 29.8 Å². The van der Waals surface area contributed by atoms with E-state index in [0.717, 1.165) is 26.1 Å². The van der Waals surface area contributed by atoms with Gasteiger partial charge in [-0.1, -0.05) is 18.6 Å². The van der Waals surface area contributed by atoms with E-state index in [0.29, 0.717) is 19.0 Å². The van der Waals surface area contributed by atoms with E-state index in [9.17, 15) is 4.79 Å². The normalized spacial score (nSPS) is 19.1. The van der Waals surface area contributed by atoms with E-state index >= 15 is 0 Å². The Morgan fingerprint density at radius 2 is 2.14 bits per heavy atom. The zero-order valence-corrected chi connectivity index (χ0v) is 14.2. The van der Waals surface area contributed by atoms with Gasteiger partial charge in [0.15, 0.2) is 0 Å². The Labute approximate surface area is 137 Å². The van der Waals surface area contributed by atoms with Gasteiger partial charge in [0.25, 0.3) is 0 Å². The second kappa shape index (κ2) is 9.18. The monoisotopic (exact) mass is 321 g/mol. The summed E-state index contributed by atoms with van der Waals surface area (Å²) in [6.45, 7) is 3.23. The first-order valence-electron chi connectivity index (χ1n) is 8.06. The van der Waals surface area contributed by atoms with E-state index in [1.54, 1.807) is 11.8 Å². The maximum absolute atomic E-state index is 11.6. The van der Waals surface area contributed by atoms with Crippen LogP contribution in [0.25, 0.3) is 0 Å². The summed E-state index contributed by atoms with van der Waals surface area (Å²) in [5, 5.41) is 3.02. The van der Waals surface area contributed by atoms with Gasteiger partial charge in [-0.25, -0.2) is 0 Å². The molecular weight excluding hydrogens is 294 g/mol. The van der Waals surface area contributed by atoms with Crippen molar-refractivity contribution in [2.24, 2.45) is 5.73 Å². The molecular formula is C17H27N3OS. The molecule has 1 atom stereocenters. The number of thioether (sulfide) groups is 1. The predicted molar refractivity (Wildman–Crippen MR) is 93.0 cm³/mol. The van der Waals surface area contributed by atoms with E-state index in [4.69, 9.17) is 5.73 Å². The van der Waals surface area contributed by atoms with Crippen LogP contribution < -0.4 is 11.1 Å². The van der Waals surface area contributed by atoms with Crippen molar-refractivity contribution in [2.45, 2.75) is 43.2 Å². The molecule has 0 bridgehead atoms. The lowest BCUT2D eigenvalue weighted by Crippen LogP contribution is -2.46. The Kier molecular flexibility index (Phi) is 7.22. The van der Waals surface area contributed by atoms with Gasteiger partial charge in [0.2, 0.25) is 5.91 Å². The lowest BCUT2D eigenvalue weighted by Gasteiger charge is -2.36. The highest BCUT2D eigenvalue weighted by Gasteiger charge is 2.22. The fourth-order valence-electron chi connectivity index (χ4n) is 2.92. The molecule has 1 aliphatic rings. The number of hydrogen-bond acceptors (Lipinski definition) is 4. The van der Waals surface area contributed by atoms with E-state index in [-0.39, 0.29) is 5.91 Å². The van der Waals surface area contributed by atoms with Crippen molar-refractivity contribution < 1.29 is 4.79 Å². The van der Waals surface area contributed by atoms with Crippen LogP contribution in [0, 0.1) is 0 Å². The molecule has 0 spiro atoms. The van der Waals surface area contributed by atoms with Crippen LogP contribution >= 0.6 is 11.8 Å². The highest BCUT2D eigenvalue weighted by molar-refractivity contribution is 7.98. The number of nitrogens with one attached hydrogen (secondary N) is 1. The van der Waals surface area contributed by atoms with Gasteiger partial charge in [0, 0.05) is 37.0 Å². The van der Waals surface area contributed by atoms with Gasteiger partial charge < -0.3 is 11.1 Å². The summed E-state index contributed by atoms with van der Waals surface area (Å²) < 4.78 is 0. The average molecular weight is 321 g/mol. The number of nitrogens with two attached hydrogens (primary N) is 1. The predicted octanol–water partition coefficient (Wildman–Crippen LogP) is 2.23. The van der Waals surface area contributed by atoms with Gasteiger partial charge in [0.05, 0.1) is 0 Å². The summed E-state index contributed by atoms with van der Waals surface area (Å²) in [7, 11) is 0. The first kappa shape index (κ1) is 17.3. The number of carbonyl (C=O) groups excluding carboxylic acids is 1. The topological polar surface area (TPSA) is 58.4 Å². The number of hydrogen-bond donors (Lipinski definition) is 2. The minimum absolute atomic E-state index is 0.0670. The Hall–Kier alpha value is -1.04. The van der Waals surface area contributed by atoms with Crippen LogP contribution in [0.15, 0.2) is 29.2 Å². The van der Waals surface area contributed by atoms with Crippen molar-refractivity contribution in [3.63, 3.8) is 0 Å². The van der Waals surface area contributed by atoms with Crippen molar-refractivity contribution >= 4 is 17.7 Å². The van der Waals surface area contributed by atoms with Crippen molar-refractivity contribution in [1.82, 2.24) is 10.2 Å². The van der Waals surface area contributed by atoms with Gasteiger partial charge in [-0.15, -0.1) is 11.8 Å². The van der Waals surface area contributed by atoms with Crippen molar-refractivity contribution in [3.8, 4) is 0 Å². The molecule has 0 saturated carbocycles. The minimum Gasteiger partial charge on any atom is -0.354 e. The molecule has 1 amide bonds. The highest BCUT2D eigenvalue weighted by Crippen LogP contribution is 2.21. The molecule has 3 N–H and O–H groups in total. The molecule has 1 fully saturated rings. The van der Waals surface area contributed by atoms with Crippen LogP contribution in [0.5, 0.6) is 0 Å². The molecule has 1 unspecified atom stereocenters. The summed E-state index contributed by atoms with van der Waals surface area (Å²) in [6, 6.07) is 9.23. The zero-order valence-electron chi connectivity index (χ0n) is 13.4. The van der Waals surface area contributed by atoms with Crippen LogP contribution in [0.1, 0.15) is 31.2 Å². The molecule has 4 nitrogen and oxygen atoms in total. The standard InChI is InChI=1S/C17H27N3OS/c1-22-16-7-5-14(6-8-16)13-20-11-3-2-4-15(20)12-19-17(21)9-10-18/h5-8,15H,2-4,9-13,18H2,1H3,(H,19,21). The maximum atomic E-state index is 11.6. The summed E-state index contributed by atoms with van der Waals surface area (Å²) >= 11 is 1.77. The smallest absolute Gasteiger partial charge is 0.221 e. The molecule has 22 heavy (non-hydrogen) atoms. The highest BCUT2D eigenvalue weighted by atomic mass is 32.2. The molecule has 1 saturated heterocycles. The second-order valence-corrected chi connectivity index (χ2v) is 6.69. The zero-order chi connectivity index (χ0) is 15.8. The molecule has 0 radical (unpaired) electrons. The number of rotatable bonds is 7. The molecule has 122 valence electrons. The van der Waals surface area contributed by atoms with Crippen LogP contribution in [-0.4, -0.2) is 42.7 Å². The van der Waals surface area contributed by atoms with Gasteiger partial charge in [-0.05, 0) is 43.3 Å². The van der Waals surface area contributed by atoms with Crippen molar-refractivity contribution in [2.75, 3.05) is 25.9 Å². The molecule has 0 aromatic heterocycles. The number of benzene rings is 1. The Bertz CT molecular complexity index is 463. The molecule has 5 heteroatoms. The van der Waals surface area contributed by atoms with E-state index < -0.39 is 0 Å². The average Bonchev–Trinajstić information content (AvgIpc) is 2.55. The molecule has 1 aromatic rings. The fraction of sp³-hybridized carbons (Fsp3) is 0.588. The quantitative estimate of drug-likeness (QED) is 0.756. The Morgan fingerprint density at radius 3 is 2.82 bits per heavy atom. The first-order valence-corrected chi connectivity index (χ1v) is 9.29. The third kappa shape index (κ3) is 5.30. The number of carbonyl (C=O) groups is 1. The fourth-order valence-corrected chi connectivity index (χ4v) is 3.32. The van der Waals surface area contributed by atoms with E-state index in [1.807, 2.05) is 0 Å². The number of piperidine rings is 1. The van der Waals surface area contributed by atoms with E-state index in [2.05, 4.69) is 40.7 Å². The summed E-state index contributed by atoms with van der Waals surface area (Å²) in [4.78, 5) is 15.4. The molecule has 1 aliphatic heterocycles. The van der Waals surface area contributed by atoms with Gasteiger partial charge in [-0.3, -0.25) is 9.69 Å². The Balaban J connectivity index is 1.89. The third-order valence-corrected chi connectivity index (χ3v) is 4.94. The van der Waals surface area contributed by atoms with Gasteiger partial charge in [-0.2, -0.15) is 0 Å². The van der Waals surface area contributed by atoms with Crippen LogP contribution in [0.4, 0.5) is 0 Å². The summed E-state index contributed by atoms with van der Waals surface area (Å²) in [5.74, 6) is 0.0670. The van der Waals surface area contributed by atoms with Crippen LogP contribution in [0.2, 0.25) is 0 Å². The molecule has 0 aliphatic carbocycles. The van der Waals surface area contributed by atoms with Crippen molar-refractivity contribution in [1.29, 1.82) is 0 Å². The molecule has 1 aromatic carbocycles. The SMILES string of the molecule is CSc1ccc(CN2CCCCC2CNC(=O)CCN)cc1. The lowest BCUT2D eigenvalue weighted by molar-refractivity contribution is -0.121.